The molecule has 0 fully saturated rings. The summed E-state index contributed by atoms with van der Waals surface area (Å²) in [6, 6.07) is 15.7. The Kier molecular flexibility index (Phi) is 3.00. The number of anilines is 1. The van der Waals surface area contributed by atoms with Crippen molar-refractivity contribution in [1.29, 1.82) is 5.26 Å². The average Bonchev–Trinajstić information content (AvgIpc) is 2.90. The van der Waals surface area contributed by atoms with Crippen molar-refractivity contribution in [2.45, 2.75) is 20.0 Å². The number of Topliss-reactive ketones (excluding diaryl/α,β-unsaturated/α-hetero) is 1. The summed E-state index contributed by atoms with van der Waals surface area (Å²) in [7, 11) is 0. The number of rotatable bonds is 2. The van der Waals surface area contributed by atoms with Crippen LogP contribution in [0.2, 0.25) is 0 Å². The van der Waals surface area contributed by atoms with E-state index in [1.807, 2.05) is 18.2 Å². The Morgan fingerprint density at radius 1 is 1.15 bits per heavy atom. The van der Waals surface area contributed by atoms with Gasteiger partial charge in [0.2, 0.25) is 0 Å². The predicted molar refractivity (Wildman–Crippen MR) is 77.5 cm³/mol. The predicted octanol–water partition coefficient (Wildman–Crippen LogP) is 3.28. The van der Waals surface area contributed by atoms with Crippen LogP contribution >= 0.6 is 0 Å². The van der Waals surface area contributed by atoms with Gasteiger partial charge in [0.25, 0.3) is 0 Å². The first-order chi connectivity index (χ1) is 9.69. The van der Waals surface area contributed by atoms with E-state index in [1.165, 1.54) is 11.1 Å². The second-order valence-corrected chi connectivity index (χ2v) is 5.02. The molecule has 0 saturated heterocycles. The number of carbonyl (C=O) groups excluding carboxylic acids is 1. The molecule has 0 aliphatic carbocycles. The molecule has 3 rings (SSSR count). The van der Waals surface area contributed by atoms with Gasteiger partial charge < -0.3 is 4.90 Å². The van der Waals surface area contributed by atoms with Gasteiger partial charge >= 0.3 is 0 Å². The first kappa shape index (κ1) is 12.4. The van der Waals surface area contributed by atoms with Crippen molar-refractivity contribution >= 4 is 11.5 Å². The molecule has 0 N–H and O–H groups in total. The van der Waals surface area contributed by atoms with Crippen LogP contribution in [0.4, 0.5) is 5.69 Å². The number of hydrogen-bond donors (Lipinski definition) is 0. The van der Waals surface area contributed by atoms with Gasteiger partial charge in [-0.3, -0.25) is 4.79 Å². The minimum absolute atomic E-state index is 0.0282. The highest BCUT2D eigenvalue weighted by Crippen LogP contribution is 2.31. The van der Waals surface area contributed by atoms with E-state index in [1.54, 1.807) is 19.1 Å². The van der Waals surface area contributed by atoms with Crippen molar-refractivity contribution in [1.82, 2.24) is 0 Å². The van der Waals surface area contributed by atoms with Gasteiger partial charge in [-0.25, -0.2) is 0 Å². The van der Waals surface area contributed by atoms with Crippen molar-refractivity contribution in [2.75, 3.05) is 4.90 Å². The summed E-state index contributed by atoms with van der Waals surface area (Å²) in [5, 5.41) is 9.05. The van der Waals surface area contributed by atoms with Gasteiger partial charge in [-0.15, -0.1) is 0 Å². The van der Waals surface area contributed by atoms with Gasteiger partial charge in [0.05, 0.1) is 11.6 Å². The molecule has 0 radical (unpaired) electrons. The minimum atomic E-state index is 0.0282. The Balaban J connectivity index is 2.03. The van der Waals surface area contributed by atoms with Gasteiger partial charge in [0, 0.05) is 24.3 Å². The summed E-state index contributed by atoms with van der Waals surface area (Å²) in [6.07, 6.45) is 0. The highest BCUT2D eigenvalue weighted by molar-refractivity contribution is 6.00. The summed E-state index contributed by atoms with van der Waals surface area (Å²) in [5.74, 6) is 0.0282. The number of nitrogens with zero attached hydrogens (tertiary/aromatic N) is 2. The number of nitriles is 1. The molecule has 2 aromatic rings. The number of benzene rings is 2. The Morgan fingerprint density at radius 3 is 2.35 bits per heavy atom. The van der Waals surface area contributed by atoms with Crippen molar-refractivity contribution in [3.8, 4) is 6.07 Å². The van der Waals surface area contributed by atoms with Crippen LogP contribution in [0, 0.1) is 11.3 Å². The molecule has 3 nitrogen and oxygen atoms in total. The Hall–Kier alpha value is -2.60. The molecule has 0 bridgehead atoms. The van der Waals surface area contributed by atoms with Crippen LogP contribution in [0.15, 0.2) is 42.5 Å². The van der Waals surface area contributed by atoms with Crippen LogP contribution in [0.25, 0.3) is 0 Å². The fourth-order valence-electron chi connectivity index (χ4n) is 2.66. The van der Waals surface area contributed by atoms with E-state index in [9.17, 15) is 4.79 Å². The van der Waals surface area contributed by atoms with Gasteiger partial charge in [-0.05, 0) is 36.2 Å². The lowest BCUT2D eigenvalue weighted by atomic mass is 10.1. The van der Waals surface area contributed by atoms with Crippen LogP contribution in [-0.2, 0) is 13.1 Å². The maximum Gasteiger partial charge on any atom is 0.161 e. The van der Waals surface area contributed by atoms with Gasteiger partial charge in [-0.2, -0.15) is 5.26 Å². The van der Waals surface area contributed by atoms with E-state index in [2.05, 4.69) is 23.1 Å². The average molecular weight is 262 g/mol. The lowest BCUT2D eigenvalue weighted by molar-refractivity contribution is 0.101. The quantitative estimate of drug-likeness (QED) is 0.780. The summed E-state index contributed by atoms with van der Waals surface area (Å²) in [5.41, 5.74) is 4.68. The van der Waals surface area contributed by atoms with Crippen LogP contribution in [0.1, 0.15) is 34.0 Å². The van der Waals surface area contributed by atoms with E-state index in [0.29, 0.717) is 11.1 Å². The first-order valence-corrected chi connectivity index (χ1v) is 6.56. The Morgan fingerprint density at radius 2 is 1.80 bits per heavy atom. The molecule has 20 heavy (non-hydrogen) atoms. The van der Waals surface area contributed by atoms with Crippen molar-refractivity contribution in [3.63, 3.8) is 0 Å². The smallest absolute Gasteiger partial charge is 0.161 e. The Bertz CT molecular complexity index is 703. The van der Waals surface area contributed by atoms with Gasteiger partial charge in [0.15, 0.2) is 5.78 Å². The number of ketones is 1. The second-order valence-electron chi connectivity index (χ2n) is 5.02. The third-order valence-corrected chi connectivity index (χ3v) is 3.69. The van der Waals surface area contributed by atoms with E-state index in [0.717, 1.165) is 18.8 Å². The molecule has 0 atom stereocenters. The third-order valence-electron chi connectivity index (χ3n) is 3.69. The lowest BCUT2D eigenvalue weighted by Gasteiger charge is -2.20. The molecule has 0 unspecified atom stereocenters. The zero-order chi connectivity index (χ0) is 14.1. The summed E-state index contributed by atoms with van der Waals surface area (Å²) < 4.78 is 0. The van der Waals surface area contributed by atoms with Crippen molar-refractivity contribution in [2.24, 2.45) is 0 Å². The summed E-state index contributed by atoms with van der Waals surface area (Å²) in [6.45, 7) is 3.13. The van der Waals surface area contributed by atoms with E-state index >= 15 is 0 Å². The summed E-state index contributed by atoms with van der Waals surface area (Å²) >= 11 is 0. The maximum atomic E-state index is 11.8. The SMILES string of the molecule is CC(=O)c1ccc(C#N)cc1N1Cc2ccccc2C1. The zero-order valence-corrected chi connectivity index (χ0v) is 11.3. The molecule has 1 heterocycles. The molecule has 2 aromatic carbocycles. The van der Waals surface area contributed by atoms with Crippen molar-refractivity contribution in [3.05, 3.63) is 64.7 Å². The molecule has 98 valence electrons. The van der Waals surface area contributed by atoms with E-state index < -0.39 is 0 Å². The maximum absolute atomic E-state index is 11.8. The molecule has 3 heteroatoms. The first-order valence-electron chi connectivity index (χ1n) is 6.56. The monoisotopic (exact) mass is 262 g/mol. The van der Waals surface area contributed by atoms with Gasteiger partial charge in [0.1, 0.15) is 0 Å². The molecule has 0 aromatic heterocycles. The minimum Gasteiger partial charge on any atom is -0.362 e. The molecule has 1 aliphatic rings. The topological polar surface area (TPSA) is 44.1 Å². The van der Waals surface area contributed by atoms with Crippen LogP contribution in [-0.4, -0.2) is 5.78 Å². The number of fused-ring (bicyclic) bond motifs is 1. The zero-order valence-electron chi connectivity index (χ0n) is 11.3. The number of carbonyl (C=O) groups is 1. The molecule has 0 spiro atoms. The standard InChI is InChI=1S/C17H14N2O/c1-12(20)16-7-6-13(9-18)8-17(16)19-10-14-4-2-3-5-15(14)11-19/h2-8H,10-11H2,1H3. The molecular weight excluding hydrogens is 248 g/mol. The highest BCUT2D eigenvalue weighted by Gasteiger charge is 2.22. The molecule has 0 amide bonds. The molecular formula is C17H14N2O. The molecule has 1 aliphatic heterocycles. The Labute approximate surface area is 118 Å². The fraction of sp³-hybridized carbons (Fsp3) is 0.176. The third kappa shape index (κ3) is 2.06. The normalized spacial score (nSPS) is 12.9. The van der Waals surface area contributed by atoms with Crippen molar-refractivity contribution < 1.29 is 4.79 Å². The molecule has 0 saturated carbocycles. The van der Waals surface area contributed by atoms with Crippen LogP contribution in [0.5, 0.6) is 0 Å². The lowest BCUT2D eigenvalue weighted by Crippen LogP contribution is -2.17. The number of hydrogen-bond acceptors (Lipinski definition) is 3. The fourth-order valence-corrected chi connectivity index (χ4v) is 2.66. The largest absolute Gasteiger partial charge is 0.362 e. The van der Waals surface area contributed by atoms with Crippen LogP contribution in [0.3, 0.4) is 0 Å². The van der Waals surface area contributed by atoms with E-state index in [4.69, 9.17) is 5.26 Å². The van der Waals surface area contributed by atoms with E-state index in [-0.39, 0.29) is 5.78 Å². The highest BCUT2D eigenvalue weighted by atomic mass is 16.1. The second kappa shape index (κ2) is 4.82. The van der Waals surface area contributed by atoms with Crippen LogP contribution < -0.4 is 4.90 Å². The van der Waals surface area contributed by atoms with Gasteiger partial charge in [-0.1, -0.05) is 24.3 Å². The summed E-state index contributed by atoms with van der Waals surface area (Å²) in [4.78, 5) is 13.9.